The maximum absolute atomic E-state index is 13.0. The van der Waals surface area contributed by atoms with Crippen molar-refractivity contribution in [2.45, 2.75) is 6.42 Å². The lowest BCUT2D eigenvalue weighted by molar-refractivity contribution is 0.102. The third kappa shape index (κ3) is 3.29. The molecule has 2 aromatic heterocycles. The molecule has 0 radical (unpaired) electrons. The molecule has 0 fully saturated rings. The van der Waals surface area contributed by atoms with E-state index in [4.69, 9.17) is 4.42 Å². The molecule has 0 saturated carbocycles. The van der Waals surface area contributed by atoms with Crippen LogP contribution in [0.2, 0.25) is 0 Å². The minimum atomic E-state index is -0.257. The lowest BCUT2D eigenvalue weighted by Gasteiger charge is -1.99. The smallest absolute Gasteiger partial charge is 0.261 e. The van der Waals surface area contributed by atoms with Gasteiger partial charge in [0.1, 0.15) is 17.7 Å². The van der Waals surface area contributed by atoms with Crippen LogP contribution >= 0.6 is 11.3 Å². The summed E-state index contributed by atoms with van der Waals surface area (Å²) in [4.78, 5) is 17.7. The molecule has 0 bridgehead atoms. The molecule has 6 heteroatoms. The fraction of sp³-hybridized carbons (Fsp3) is 0.0526. The number of carbonyl (C=O) groups is 1. The Bertz CT molecular complexity index is 1040. The van der Waals surface area contributed by atoms with Crippen molar-refractivity contribution in [1.29, 1.82) is 0 Å². The predicted octanol–water partition coefficient (Wildman–Crippen LogP) is 4.87. The number of benzene rings is 2. The number of fused-ring (bicyclic) bond motifs is 1. The molecular formula is C19H13FN2O2S. The van der Waals surface area contributed by atoms with Crippen LogP contribution in [-0.2, 0) is 6.42 Å². The number of anilines is 1. The summed E-state index contributed by atoms with van der Waals surface area (Å²) in [6.07, 6.45) is 3.81. The minimum Gasteiger partial charge on any atom is -0.463 e. The number of halogens is 1. The number of para-hydroxylation sites is 1. The predicted molar refractivity (Wildman–Crippen MR) is 95.5 cm³/mol. The number of hydrogen-bond donors (Lipinski definition) is 1. The Hall–Kier alpha value is -2.99. The summed E-state index contributed by atoms with van der Waals surface area (Å²) in [5.41, 5.74) is 2.14. The minimum absolute atomic E-state index is 0.256. The van der Waals surface area contributed by atoms with Gasteiger partial charge in [-0.1, -0.05) is 30.3 Å². The average Bonchev–Trinajstić information content (AvgIpc) is 3.23. The van der Waals surface area contributed by atoms with E-state index in [2.05, 4.69) is 10.3 Å². The van der Waals surface area contributed by atoms with E-state index in [1.165, 1.54) is 29.7 Å². The molecule has 2 heterocycles. The van der Waals surface area contributed by atoms with Gasteiger partial charge in [0, 0.05) is 22.9 Å². The van der Waals surface area contributed by atoms with Crippen molar-refractivity contribution in [3.63, 3.8) is 0 Å². The number of nitrogens with one attached hydrogen (secondary N) is 1. The van der Waals surface area contributed by atoms with Crippen LogP contribution in [0, 0.1) is 5.82 Å². The van der Waals surface area contributed by atoms with Crippen molar-refractivity contribution in [3.05, 3.63) is 82.8 Å². The average molecular weight is 352 g/mol. The van der Waals surface area contributed by atoms with Crippen LogP contribution in [0.15, 0.2) is 65.4 Å². The highest BCUT2D eigenvalue weighted by molar-refractivity contribution is 7.15. The molecule has 4 rings (SSSR count). The van der Waals surface area contributed by atoms with Gasteiger partial charge in [-0.3, -0.25) is 10.1 Å². The number of aromatic nitrogens is 1. The topological polar surface area (TPSA) is 55.1 Å². The second-order valence-electron chi connectivity index (χ2n) is 5.53. The van der Waals surface area contributed by atoms with E-state index >= 15 is 0 Å². The zero-order valence-corrected chi connectivity index (χ0v) is 13.8. The SMILES string of the molecule is O=C(Nc1ncc(Cc2ccc(F)cc2)s1)c1coc2ccccc12. The number of rotatable bonds is 4. The highest BCUT2D eigenvalue weighted by Crippen LogP contribution is 2.24. The van der Waals surface area contributed by atoms with E-state index in [-0.39, 0.29) is 11.7 Å². The van der Waals surface area contributed by atoms with Crippen LogP contribution in [-0.4, -0.2) is 10.9 Å². The Labute approximate surface area is 146 Å². The molecule has 2 aromatic carbocycles. The molecule has 0 aliphatic heterocycles. The zero-order valence-electron chi connectivity index (χ0n) is 13.0. The van der Waals surface area contributed by atoms with Crippen molar-refractivity contribution in [2.75, 3.05) is 5.32 Å². The van der Waals surface area contributed by atoms with Gasteiger partial charge < -0.3 is 4.42 Å². The van der Waals surface area contributed by atoms with Crippen LogP contribution in [0.1, 0.15) is 20.8 Å². The zero-order chi connectivity index (χ0) is 17.2. The van der Waals surface area contributed by atoms with Gasteiger partial charge in [0.05, 0.1) is 5.56 Å². The van der Waals surface area contributed by atoms with Gasteiger partial charge in [-0.2, -0.15) is 0 Å². The number of carbonyl (C=O) groups excluding carboxylic acids is 1. The quantitative estimate of drug-likeness (QED) is 0.570. The Morgan fingerprint density at radius 1 is 1.16 bits per heavy atom. The Kier molecular flexibility index (Phi) is 4.03. The number of nitrogens with zero attached hydrogens (tertiary/aromatic N) is 1. The van der Waals surface area contributed by atoms with Gasteiger partial charge in [-0.15, -0.1) is 11.3 Å². The standard InChI is InChI=1S/C19H13FN2O2S/c20-13-7-5-12(6-8-13)9-14-10-21-19(25-14)22-18(23)16-11-24-17-4-2-1-3-15(16)17/h1-8,10-11H,9H2,(H,21,22,23). The first-order valence-corrected chi connectivity index (χ1v) is 8.47. The highest BCUT2D eigenvalue weighted by Gasteiger charge is 2.15. The first-order chi connectivity index (χ1) is 12.2. The van der Waals surface area contributed by atoms with Gasteiger partial charge >= 0.3 is 0 Å². The number of amides is 1. The van der Waals surface area contributed by atoms with E-state index in [0.29, 0.717) is 22.7 Å². The van der Waals surface area contributed by atoms with Gasteiger partial charge in [0.25, 0.3) is 5.91 Å². The molecule has 0 saturated heterocycles. The van der Waals surface area contributed by atoms with Gasteiger partial charge in [0.15, 0.2) is 5.13 Å². The second-order valence-corrected chi connectivity index (χ2v) is 6.65. The summed E-state index contributed by atoms with van der Waals surface area (Å²) in [5.74, 6) is -0.513. The van der Waals surface area contributed by atoms with Crippen LogP contribution < -0.4 is 5.32 Å². The molecule has 0 spiro atoms. The van der Waals surface area contributed by atoms with Crippen LogP contribution in [0.5, 0.6) is 0 Å². The van der Waals surface area contributed by atoms with Crippen molar-refractivity contribution in [3.8, 4) is 0 Å². The maximum atomic E-state index is 13.0. The van der Waals surface area contributed by atoms with Crippen LogP contribution in [0.4, 0.5) is 9.52 Å². The summed E-state index contributed by atoms with van der Waals surface area (Å²) >= 11 is 1.40. The van der Waals surface area contributed by atoms with Crippen LogP contribution in [0.25, 0.3) is 11.0 Å². The monoisotopic (exact) mass is 352 g/mol. The molecule has 1 amide bonds. The van der Waals surface area contributed by atoms with Crippen molar-refractivity contribution in [2.24, 2.45) is 0 Å². The summed E-state index contributed by atoms with van der Waals surface area (Å²) in [5, 5.41) is 4.09. The summed E-state index contributed by atoms with van der Waals surface area (Å²) < 4.78 is 18.3. The fourth-order valence-corrected chi connectivity index (χ4v) is 3.41. The van der Waals surface area contributed by atoms with E-state index in [0.717, 1.165) is 15.8 Å². The van der Waals surface area contributed by atoms with Gasteiger partial charge in [0.2, 0.25) is 0 Å². The third-order valence-corrected chi connectivity index (χ3v) is 4.70. The maximum Gasteiger partial charge on any atom is 0.261 e. The molecule has 124 valence electrons. The first-order valence-electron chi connectivity index (χ1n) is 7.66. The van der Waals surface area contributed by atoms with Crippen LogP contribution in [0.3, 0.4) is 0 Å². The molecule has 4 aromatic rings. The van der Waals surface area contributed by atoms with Gasteiger partial charge in [-0.05, 0) is 23.8 Å². The van der Waals surface area contributed by atoms with E-state index in [1.807, 2.05) is 24.3 Å². The van der Waals surface area contributed by atoms with Crippen molar-refractivity contribution < 1.29 is 13.6 Å². The van der Waals surface area contributed by atoms with E-state index < -0.39 is 0 Å². The molecule has 0 aliphatic carbocycles. The second kappa shape index (κ2) is 6.49. The molecule has 1 N–H and O–H groups in total. The summed E-state index contributed by atoms with van der Waals surface area (Å²) in [6.45, 7) is 0. The van der Waals surface area contributed by atoms with Crippen molar-refractivity contribution >= 4 is 33.3 Å². The largest absolute Gasteiger partial charge is 0.463 e. The molecule has 0 aliphatic rings. The Morgan fingerprint density at radius 2 is 1.96 bits per heavy atom. The highest BCUT2D eigenvalue weighted by atomic mass is 32.1. The van der Waals surface area contributed by atoms with Crippen molar-refractivity contribution in [1.82, 2.24) is 4.98 Å². The lowest BCUT2D eigenvalue weighted by atomic mass is 10.1. The molecule has 4 nitrogen and oxygen atoms in total. The van der Waals surface area contributed by atoms with Gasteiger partial charge in [-0.25, -0.2) is 9.37 Å². The molecular weight excluding hydrogens is 339 g/mol. The van der Waals surface area contributed by atoms with E-state index in [1.54, 1.807) is 18.3 Å². The normalized spacial score (nSPS) is 10.9. The Balaban J connectivity index is 1.49. The lowest BCUT2D eigenvalue weighted by Crippen LogP contribution is -2.10. The third-order valence-electron chi connectivity index (χ3n) is 3.79. The number of hydrogen-bond acceptors (Lipinski definition) is 4. The fourth-order valence-electron chi connectivity index (χ4n) is 2.57. The molecule has 0 unspecified atom stereocenters. The summed E-state index contributed by atoms with van der Waals surface area (Å²) in [6, 6.07) is 13.7. The number of thiazole rings is 1. The first kappa shape index (κ1) is 15.5. The Morgan fingerprint density at radius 3 is 2.80 bits per heavy atom. The molecule has 0 atom stereocenters. The summed E-state index contributed by atoms with van der Waals surface area (Å²) in [7, 11) is 0. The number of furan rings is 1. The molecule has 25 heavy (non-hydrogen) atoms. The van der Waals surface area contributed by atoms with E-state index in [9.17, 15) is 9.18 Å².